The number of carboxylic acid groups (broad SMARTS) is 2. The normalized spacial score (nSPS) is 25.7. The number of amides is 5. The van der Waals surface area contributed by atoms with Gasteiger partial charge in [0, 0.05) is 13.0 Å². The minimum atomic E-state index is -4.54. The van der Waals surface area contributed by atoms with Gasteiger partial charge in [0.1, 0.15) is 24.2 Å². The molecule has 10 atom stereocenters. The van der Waals surface area contributed by atoms with E-state index >= 15 is 0 Å². The van der Waals surface area contributed by atoms with Gasteiger partial charge in [0.25, 0.3) is 0 Å². The van der Waals surface area contributed by atoms with Gasteiger partial charge in [-0.1, -0.05) is 59.7 Å². The van der Waals surface area contributed by atoms with Crippen molar-refractivity contribution in [2.45, 2.75) is 160 Å². The number of aryl methyl sites for hydroxylation is 1. The number of carboxylic acids is 2. The maximum atomic E-state index is 14.4. The molecule has 65 heavy (non-hydrogen) atoms. The van der Waals surface area contributed by atoms with Gasteiger partial charge in [0.05, 0.1) is 35.7 Å². The molecule has 2 saturated heterocycles. The summed E-state index contributed by atoms with van der Waals surface area (Å²) in [5, 5.41) is 28.9. The van der Waals surface area contributed by atoms with Crippen LogP contribution in [0.4, 0.5) is 13.2 Å². The number of hydrogen-bond donors (Lipinski definition) is 7. The van der Waals surface area contributed by atoms with Gasteiger partial charge in [0.2, 0.25) is 29.5 Å². The fraction of sp³-hybridized carbons (Fsp3) is 0.705. The van der Waals surface area contributed by atoms with Crippen LogP contribution < -0.4 is 27.0 Å². The van der Waals surface area contributed by atoms with E-state index in [-0.39, 0.29) is 43.2 Å². The Kier molecular flexibility index (Phi) is 16.1. The summed E-state index contributed by atoms with van der Waals surface area (Å²) in [6, 6.07) is -1.49. The zero-order valence-corrected chi connectivity index (χ0v) is 38.0. The third kappa shape index (κ3) is 11.8. The number of rotatable bonds is 20. The zero-order valence-electron chi connectivity index (χ0n) is 38.0. The van der Waals surface area contributed by atoms with Gasteiger partial charge < -0.3 is 51.4 Å². The molecule has 21 heteroatoms. The number of nitrogens with zero attached hydrogens (tertiary/aromatic N) is 1. The number of hydrogen-bond acceptors (Lipinski definition) is 10. The van der Waals surface area contributed by atoms with E-state index in [0.29, 0.717) is 17.9 Å². The predicted octanol–water partition coefficient (Wildman–Crippen LogP) is 2.81. The molecule has 3 saturated carbocycles. The van der Waals surface area contributed by atoms with E-state index in [1.807, 2.05) is 6.92 Å². The van der Waals surface area contributed by atoms with Gasteiger partial charge in [0.15, 0.2) is 0 Å². The summed E-state index contributed by atoms with van der Waals surface area (Å²) in [6.07, 6.45) is -3.70. The van der Waals surface area contributed by atoms with Crippen molar-refractivity contribution >= 4 is 48.6 Å². The SMILES string of the molecule is CC(C)[C@H](NC(=O)[C@H](CCC(=O)O)NC(=O)[C@@H](N)CC(=O)O)C(=O)N[C@H](C(=O)N1CCC[C@H]1C(=O)N[C@@H](CCc1cccc(C(F)(F)F)c1)B1O[C@@H]2C[C@@H]3C[C@H](C3(C)C)[C@]2(C)O1)C(C)C. The molecule has 1 aromatic carbocycles. The van der Waals surface area contributed by atoms with Crippen molar-refractivity contribution in [3.63, 3.8) is 0 Å². The Morgan fingerprint density at radius 1 is 0.892 bits per heavy atom. The predicted molar refractivity (Wildman–Crippen MR) is 229 cm³/mol. The second kappa shape index (κ2) is 20.4. The molecule has 2 heterocycles. The van der Waals surface area contributed by atoms with E-state index < -0.39 is 133 Å². The lowest BCUT2D eigenvalue weighted by Gasteiger charge is -2.64. The van der Waals surface area contributed by atoms with Crippen molar-refractivity contribution in [2.75, 3.05) is 6.54 Å². The van der Waals surface area contributed by atoms with E-state index in [2.05, 4.69) is 35.1 Å². The minimum Gasteiger partial charge on any atom is -0.481 e. The van der Waals surface area contributed by atoms with Crippen LogP contribution in [-0.2, 0) is 55.5 Å². The van der Waals surface area contributed by atoms with Crippen molar-refractivity contribution in [1.82, 2.24) is 26.2 Å². The number of carbonyl (C=O) groups is 7. The lowest BCUT2D eigenvalue weighted by Crippen LogP contribution is -2.65. The van der Waals surface area contributed by atoms with Crippen LogP contribution in [0.2, 0.25) is 0 Å². The quantitative estimate of drug-likeness (QED) is 0.0933. The summed E-state index contributed by atoms with van der Waals surface area (Å²) in [5.74, 6) is -7.72. The van der Waals surface area contributed by atoms with Crippen LogP contribution in [-0.4, -0.2) is 118 Å². The number of nitrogens with two attached hydrogens (primary N) is 1. The summed E-state index contributed by atoms with van der Waals surface area (Å²) in [5.41, 5.74) is 4.65. The second-order valence-electron chi connectivity index (χ2n) is 19.5. The molecule has 0 aromatic heterocycles. The number of halogens is 3. The molecule has 8 N–H and O–H groups in total. The Morgan fingerprint density at radius 3 is 2.15 bits per heavy atom. The average molecular weight is 921 g/mol. The first-order valence-corrected chi connectivity index (χ1v) is 22.4. The monoisotopic (exact) mass is 920 g/mol. The smallest absolute Gasteiger partial charge is 0.481 e. The van der Waals surface area contributed by atoms with E-state index in [1.165, 1.54) is 11.0 Å². The van der Waals surface area contributed by atoms with Crippen molar-refractivity contribution in [1.29, 1.82) is 0 Å². The first kappa shape index (κ1) is 51.2. The van der Waals surface area contributed by atoms with Crippen LogP contribution in [0.3, 0.4) is 0 Å². The average Bonchev–Trinajstić information content (AvgIpc) is 3.85. The molecule has 0 radical (unpaired) electrons. The highest BCUT2D eigenvalue weighted by atomic mass is 19.4. The van der Waals surface area contributed by atoms with E-state index in [1.54, 1.807) is 33.8 Å². The topological polar surface area (TPSA) is 256 Å². The molecular weight excluding hydrogens is 856 g/mol. The highest BCUT2D eigenvalue weighted by Gasteiger charge is 2.68. The fourth-order valence-electron chi connectivity index (χ4n) is 9.97. The number of likely N-dealkylation sites (tertiary alicyclic amines) is 1. The Balaban J connectivity index is 1.30. The van der Waals surface area contributed by atoms with Gasteiger partial charge in [-0.3, -0.25) is 33.6 Å². The van der Waals surface area contributed by atoms with Crippen LogP contribution in [0.25, 0.3) is 0 Å². The van der Waals surface area contributed by atoms with Gasteiger partial charge in [-0.2, -0.15) is 13.2 Å². The molecule has 0 spiro atoms. The van der Waals surface area contributed by atoms with Crippen LogP contribution in [0.15, 0.2) is 24.3 Å². The van der Waals surface area contributed by atoms with Gasteiger partial charge >= 0.3 is 25.2 Å². The van der Waals surface area contributed by atoms with Gasteiger partial charge in [-0.25, -0.2) is 0 Å². The summed E-state index contributed by atoms with van der Waals surface area (Å²) in [7, 11) is -0.912. The standard InChI is InChI=1S/C44H64BF3N6O11/c1-22(2)35(52-38(60)28(14-16-33(55)56)50-37(59)27(49)21-34(57)58)40(62)53-36(23(3)4)41(63)54-17-9-12-29(54)39(61)51-32(15-13-24-10-8-11-25(18-24)44(46,47)48)45-64-31-20-26-19-30(42(26,5)6)43(31,7)65-45/h8,10-11,18,22-23,26-32,35-36H,9,12-17,19-21,49H2,1-7H3,(H,50,59)(H,51,61)(H,52,60)(H,53,62)(H,55,56)(H,57,58)/t26-,27-,28-,29-,30+,31+,32-,35-,36-,43-/m0/s1. The van der Waals surface area contributed by atoms with Crippen LogP contribution in [0, 0.1) is 29.1 Å². The Labute approximate surface area is 377 Å². The molecular formula is C44H64BF3N6O11. The first-order chi connectivity index (χ1) is 30.2. The van der Waals surface area contributed by atoms with Crippen molar-refractivity contribution in [3.8, 4) is 0 Å². The maximum Gasteiger partial charge on any atom is 0.481 e. The lowest BCUT2D eigenvalue weighted by molar-refractivity contribution is -0.199. The number of nitrogens with one attached hydrogen (secondary N) is 4. The molecule has 17 nitrogen and oxygen atoms in total. The molecule has 6 rings (SSSR count). The third-order valence-electron chi connectivity index (χ3n) is 14.0. The summed E-state index contributed by atoms with van der Waals surface area (Å²) in [4.78, 5) is 92.6. The summed E-state index contributed by atoms with van der Waals surface area (Å²) >= 11 is 0. The molecule has 5 fully saturated rings. The highest BCUT2D eigenvalue weighted by molar-refractivity contribution is 6.48. The number of carbonyl (C=O) groups excluding carboxylic acids is 5. The Bertz CT molecular complexity index is 1970. The molecule has 3 aliphatic carbocycles. The lowest BCUT2D eigenvalue weighted by atomic mass is 9.43. The third-order valence-corrected chi connectivity index (χ3v) is 14.0. The minimum absolute atomic E-state index is 0.0231. The fourth-order valence-corrected chi connectivity index (χ4v) is 9.97. The van der Waals surface area contributed by atoms with Crippen LogP contribution >= 0.6 is 0 Å². The molecule has 5 aliphatic rings. The zero-order chi connectivity index (χ0) is 48.3. The Morgan fingerprint density at radius 2 is 1.55 bits per heavy atom. The van der Waals surface area contributed by atoms with E-state index in [4.69, 9.17) is 20.1 Å². The Hall–Kier alpha value is -4.76. The molecule has 0 unspecified atom stereocenters. The first-order valence-electron chi connectivity index (χ1n) is 22.4. The summed E-state index contributed by atoms with van der Waals surface area (Å²) < 4.78 is 54.1. The van der Waals surface area contributed by atoms with E-state index in [9.17, 15) is 51.8 Å². The van der Waals surface area contributed by atoms with Crippen molar-refractivity contribution in [2.24, 2.45) is 34.8 Å². The van der Waals surface area contributed by atoms with Crippen LogP contribution in [0.1, 0.15) is 111 Å². The molecule has 360 valence electrons. The number of alkyl halides is 3. The van der Waals surface area contributed by atoms with Gasteiger partial charge in [-0.05, 0) is 92.6 Å². The number of benzene rings is 1. The second-order valence-corrected chi connectivity index (χ2v) is 19.5. The number of aliphatic carboxylic acids is 2. The highest BCUT2D eigenvalue weighted by Crippen LogP contribution is 2.65. The molecule has 5 amide bonds. The largest absolute Gasteiger partial charge is 0.481 e. The van der Waals surface area contributed by atoms with Crippen molar-refractivity contribution in [3.05, 3.63) is 35.4 Å². The summed E-state index contributed by atoms with van der Waals surface area (Å²) in [6.45, 7) is 13.2. The molecule has 2 aliphatic heterocycles. The van der Waals surface area contributed by atoms with E-state index in [0.717, 1.165) is 25.0 Å². The van der Waals surface area contributed by atoms with Gasteiger partial charge in [-0.15, -0.1) is 0 Å². The maximum absolute atomic E-state index is 14.4. The molecule has 1 aromatic rings. The molecule has 2 bridgehead atoms. The van der Waals surface area contributed by atoms with Crippen LogP contribution in [0.5, 0.6) is 0 Å². The van der Waals surface area contributed by atoms with Crippen molar-refractivity contribution < 1.29 is 66.3 Å².